The molecule has 0 radical (unpaired) electrons. The number of aryl methyl sites for hydroxylation is 1. The largest absolute Gasteiger partial charge is 0.439 e. The van der Waals surface area contributed by atoms with Gasteiger partial charge in [-0.1, -0.05) is 26.2 Å². The van der Waals surface area contributed by atoms with E-state index >= 15 is 0 Å². The summed E-state index contributed by atoms with van der Waals surface area (Å²) in [7, 11) is -0.721. The van der Waals surface area contributed by atoms with Crippen molar-refractivity contribution >= 4 is 21.9 Å². The maximum Gasteiger partial charge on any atom is 0.267 e. The second kappa shape index (κ2) is 9.41. The Labute approximate surface area is 198 Å². The summed E-state index contributed by atoms with van der Waals surface area (Å²) in [6.07, 6.45) is 7.88. The van der Waals surface area contributed by atoms with Crippen LogP contribution in [0.1, 0.15) is 55.1 Å². The summed E-state index contributed by atoms with van der Waals surface area (Å²) in [6.45, 7) is 2.13. The van der Waals surface area contributed by atoms with E-state index in [0.29, 0.717) is 11.3 Å². The number of carbonyl (C=O) groups is 1. The van der Waals surface area contributed by atoms with Crippen molar-refractivity contribution in [3.63, 3.8) is 0 Å². The summed E-state index contributed by atoms with van der Waals surface area (Å²) in [5.41, 5.74) is 1.01. The summed E-state index contributed by atoms with van der Waals surface area (Å²) in [6, 6.07) is 8.37. The number of ether oxygens (including phenoxy) is 1. The highest BCUT2D eigenvalue weighted by Crippen LogP contribution is 2.39. The molecule has 1 aromatic carbocycles. The van der Waals surface area contributed by atoms with Crippen molar-refractivity contribution in [2.24, 2.45) is 7.05 Å². The molecule has 1 fully saturated rings. The Morgan fingerprint density at radius 3 is 2.44 bits per heavy atom. The second-order valence-corrected chi connectivity index (χ2v) is 10.4. The van der Waals surface area contributed by atoms with E-state index in [2.05, 4.69) is 32.0 Å². The van der Waals surface area contributed by atoms with Crippen molar-refractivity contribution in [2.75, 3.05) is 11.8 Å². The molecule has 0 spiro atoms. The molecule has 2 aromatic heterocycles. The Balaban J connectivity index is 1.68. The number of amides is 1. The lowest BCUT2D eigenvalue weighted by Crippen LogP contribution is -2.27. The van der Waals surface area contributed by atoms with Crippen molar-refractivity contribution in [3.05, 3.63) is 54.0 Å². The minimum absolute atomic E-state index is 0.0140. The van der Waals surface area contributed by atoms with E-state index in [4.69, 9.17) is 4.74 Å². The topological polar surface area (TPSA) is 128 Å². The van der Waals surface area contributed by atoms with Gasteiger partial charge in [-0.05, 0) is 37.1 Å². The highest BCUT2D eigenvalue weighted by molar-refractivity contribution is 7.92. The maximum atomic E-state index is 12.9. The quantitative estimate of drug-likeness (QED) is 0.526. The molecule has 0 atom stereocenters. The molecule has 0 aliphatic heterocycles. The predicted molar refractivity (Wildman–Crippen MR) is 126 cm³/mol. The molecule has 3 aromatic rings. The van der Waals surface area contributed by atoms with Crippen LogP contribution in [0.5, 0.6) is 11.6 Å². The lowest BCUT2D eigenvalue weighted by Gasteiger charge is -2.33. The molecule has 2 heterocycles. The third-order valence-corrected chi connectivity index (χ3v) is 7.34. The Hall–Kier alpha value is -3.47. The van der Waals surface area contributed by atoms with Crippen LogP contribution < -0.4 is 14.8 Å². The van der Waals surface area contributed by atoms with Crippen molar-refractivity contribution in [1.29, 1.82) is 0 Å². The Kier molecular flexibility index (Phi) is 6.56. The lowest BCUT2D eigenvalue weighted by molar-refractivity contribution is 0.0963. The van der Waals surface area contributed by atoms with Crippen LogP contribution in [0.25, 0.3) is 0 Å². The van der Waals surface area contributed by atoms with Crippen LogP contribution >= 0.6 is 0 Å². The van der Waals surface area contributed by atoms with Gasteiger partial charge in [-0.25, -0.2) is 18.1 Å². The van der Waals surface area contributed by atoms with Gasteiger partial charge in [0, 0.05) is 37.3 Å². The minimum atomic E-state index is -3.93. The molecule has 4 rings (SSSR count). The SMILES string of the molecule is CNC(=O)c1ccc(Oc2cc(C3(C)CCCCC3)nc(NS(=O)(=O)c3cnn(C)c3)n2)cc1. The van der Waals surface area contributed by atoms with E-state index in [0.717, 1.165) is 31.4 Å². The number of nitrogens with zero attached hydrogens (tertiary/aromatic N) is 4. The summed E-state index contributed by atoms with van der Waals surface area (Å²) >= 11 is 0. The van der Waals surface area contributed by atoms with E-state index in [1.807, 2.05) is 0 Å². The van der Waals surface area contributed by atoms with Gasteiger partial charge in [0.15, 0.2) is 0 Å². The molecule has 2 N–H and O–H groups in total. The first-order chi connectivity index (χ1) is 16.2. The molecule has 1 amide bonds. The zero-order valence-corrected chi connectivity index (χ0v) is 20.2. The molecule has 0 unspecified atom stereocenters. The van der Waals surface area contributed by atoms with Crippen LogP contribution in [-0.4, -0.2) is 41.1 Å². The third kappa shape index (κ3) is 5.19. The zero-order valence-electron chi connectivity index (χ0n) is 19.4. The molecule has 0 bridgehead atoms. The molecular formula is C23H28N6O4S. The fraction of sp³-hybridized carbons (Fsp3) is 0.391. The fourth-order valence-corrected chi connectivity index (χ4v) is 5.00. The average molecular weight is 485 g/mol. The number of rotatable bonds is 7. The molecule has 180 valence electrons. The summed E-state index contributed by atoms with van der Waals surface area (Å²) in [4.78, 5) is 20.7. The van der Waals surface area contributed by atoms with Gasteiger partial charge in [0.1, 0.15) is 10.6 Å². The van der Waals surface area contributed by atoms with Gasteiger partial charge in [-0.2, -0.15) is 10.1 Å². The van der Waals surface area contributed by atoms with Gasteiger partial charge in [-0.15, -0.1) is 0 Å². The highest BCUT2D eigenvalue weighted by Gasteiger charge is 2.32. The number of anilines is 1. The number of carbonyl (C=O) groups excluding carboxylic acids is 1. The van der Waals surface area contributed by atoms with Crippen LogP contribution in [-0.2, 0) is 22.5 Å². The molecule has 1 saturated carbocycles. The number of hydrogen-bond donors (Lipinski definition) is 2. The molecule has 1 aliphatic carbocycles. The zero-order chi connectivity index (χ0) is 24.3. The maximum absolute atomic E-state index is 12.9. The van der Waals surface area contributed by atoms with Crippen LogP contribution in [0.4, 0.5) is 5.95 Å². The summed E-state index contributed by atoms with van der Waals surface area (Å²) in [5, 5.41) is 6.50. The highest BCUT2D eigenvalue weighted by atomic mass is 32.2. The Morgan fingerprint density at radius 1 is 1.12 bits per heavy atom. The van der Waals surface area contributed by atoms with Gasteiger partial charge in [0.05, 0.1) is 11.9 Å². The second-order valence-electron chi connectivity index (χ2n) is 8.70. The molecule has 10 nitrogen and oxygen atoms in total. The van der Waals surface area contributed by atoms with Gasteiger partial charge in [0.2, 0.25) is 11.8 Å². The predicted octanol–water partition coefficient (Wildman–Crippen LogP) is 3.38. The van der Waals surface area contributed by atoms with Gasteiger partial charge < -0.3 is 10.1 Å². The van der Waals surface area contributed by atoms with E-state index in [1.165, 1.54) is 23.5 Å². The smallest absolute Gasteiger partial charge is 0.267 e. The first-order valence-corrected chi connectivity index (χ1v) is 12.6. The Bertz CT molecular complexity index is 1280. The van der Waals surface area contributed by atoms with Crippen molar-refractivity contribution in [2.45, 2.75) is 49.3 Å². The molecule has 1 aliphatic rings. The van der Waals surface area contributed by atoms with Crippen LogP contribution in [0.2, 0.25) is 0 Å². The van der Waals surface area contributed by atoms with Crippen molar-refractivity contribution < 1.29 is 17.9 Å². The first-order valence-electron chi connectivity index (χ1n) is 11.1. The number of benzene rings is 1. The monoisotopic (exact) mass is 484 g/mol. The van der Waals surface area contributed by atoms with Crippen LogP contribution in [0.15, 0.2) is 47.6 Å². The summed E-state index contributed by atoms with van der Waals surface area (Å²) < 4.78 is 35.5. The van der Waals surface area contributed by atoms with Gasteiger partial charge in [0.25, 0.3) is 15.9 Å². The molecule has 34 heavy (non-hydrogen) atoms. The van der Waals surface area contributed by atoms with Crippen LogP contribution in [0, 0.1) is 0 Å². The number of hydrogen-bond acceptors (Lipinski definition) is 7. The standard InChI is InChI=1S/C23H28N6O4S/c1-23(11-5-4-6-12-23)19-13-20(33-17-9-7-16(8-10-17)21(30)24-2)27-22(26-19)28-34(31,32)18-14-25-29(3)15-18/h7-10,13-15H,4-6,11-12H2,1-3H3,(H,24,30)(H,26,27,28). The average Bonchev–Trinajstić information content (AvgIpc) is 3.26. The van der Waals surface area contributed by atoms with Gasteiger partial charge >= 0.3 is 0 Å². The van der Waals surface area contributed by atoms with E-state index in [9.17, 15) is 13.2 Å². The minimum Gasteiger partial charge on any atom is -0.439 e. The third-order valence-electron chi connectivity index (χ3n) is 6.06. The first kappa shape index (κ1) is 23.7. The van der Waals surface area contributed by atoms with E-state index in [1.54, 1.807) is 44.4 Å². The van der Waals surface area contributed by atoms with E-state index < -0.39 is 10.0 Å². The van der Waals surface area contributed by atoms with Crippen molar-refractivity contribution in [1.82, 2.24) is 25.1 Å². The molecule has 11 heteroatoms. The molecular weight excluding hydrogens is 456 g/mol. The normalized spacial score (nSPS) is 15.5. The number of nitrogens with one attached hydrogen (secondary N) is 2. The number of sulfonamides is 1. The fourth-order valence-electron chi connectivity index (χ4n) is 4.08. The summed E-state index contributed by atoms with van der Waals surface area (Å²) in [5.74, 6) is 0.416. The Morgan fingerprint density at radius 2 is 1.82 bits per heavy atom. The van der Waals surface area contributed by atoms with Crippen LogP contribution in [0.3, 0.4) is 0 Å². The van der Waals surface area contributed by atoms with Gasteiger partial charge in [-0.3, -0.25) is 9.48 Å². The lowest BCUT2D eigenvalue weighted by atomic mass is 9.73. The van der Waals surface area contributed by atoms with E-state index in [-0.39, 0.29) is 28.0 Å². The number of aromatic nitrogens is 4. The van der Waals surface area contributed by atoms with Crippen molar-refractivity contribution in [3.8, 4) is 11.6 Å². The molecule has 0 saturated heterocycles.